The van der Waals surface area contributed by atoms with Crippen LogP contribution in [0.1, 0.15) is 27.9 Å². The van der Waals surface area contributed by atoms with E-state index in [0.29, 0.717) is 31.8 Å². The van der Waals surface area contributed by atoms with E-state index in [2.05, 4.69) is 20.5 Å². The molecule has 1 aliphatic rings. The van der Waals surface area contributed by atoms with Crippen molar-refractivity contribution >= 4 is 17.6 Å². The Hall–Kier alpha value is -2.95. The molecule has 2 aromatic heterocycles. The highest BCUT2D eigenvalue weighted by molar-refractivity contribution is 5.98. The smallest absolute Gasteiger partial charge is 0.288 e. The lowest BCUT2D eigenvalue weighted by atomic mass is 10.2. The molecule has 0 spiro atoms. The fraction of sp³-hybridized carbons (Fsp3) is 0.533. The van der Waals surface area contributed by atoms with E-state index in [4.69, 9.17) is 10.5 Å². The van der Waals surface area contributed by atoms with Crippen LogP contribution in [0.15, 0.2) is 12.5 Å². The maximum Gasteiger partial charge on any atom is 0.288 e. The number of carbonyl (C=O) groups excluding carboxylic acids is 2. The van der Waals surface area contributed by atoms with Gasteiger partial charge in [0, 0.05) is 39.4 Å². The van der Waals surface area contributed by atoms with E-state index >= 15 is 0 Å². The van der Waals surface area contributed by atoms with Crippen LogP contribution in [0, 0.1) is 0 Å². The average molecular weight is 362 g/mol. The minimum absolute atomic E-state index is 0.194. The van der Waals surface area contributed by atoms with Gasteiger partial charge in [0.15, 0.2) is 5.82 Å². The number of carbonyl (C=O) groups is 2. The number of hydrogen-bond donors (Lipinski definition) is 2. The molecular weight excluding hydrogens is 340 g/mol. The van der Waals surface area contributed by atoms with E-state index in [1.54, 1.807) is 18.1 Å². The quantitative estimate of drug-likeness (QED) is 0.688. The molecule has 11 heteroatoms. The van der Waals surface area contributed by atoms with Gasteiger partial charge >= 0.3 is 0 Å². The predicted octanol–water partition coefficient (Wildman–Crippen LogP) is -1.12. The summed E-state index contributed by atoms with van der Waals surface area (Å²) in [5.41, 5.74) is 6.15. The molecule has 140 valence electrons. The first kappa shape index (κ1) is 17.9. The molecule has 1 saturated heterocycles. The molecule has 2 aromatic rings. The molecule has 3 rings (SSSR count). The number of ether oxygens (including phenoxy) is 1. The topological polar surface area (TPSA) is 133 Å². The van der Waals surface area contributed by atoms with Crippen molar-refractivity contribution in [2.24, 2.45) is 7.05 Å². The Labute approximate surface area is 150 Å². The Kier molecular flexibility index (Phi) is 5.16. The van der Waals surface area contributed by atoms with Crippen LogP contribution in [0.3, 0.4) is 0 Å². The molecule has 1 unspecified atom stereocenters. The van der Waals surface area contributed by atoms with Gasteiger partial charge in [-0.1, -0.05) is 0 Å². The number of aryl methyl sites for hydroxylation is 2. The fourth-order valence-electron chi connectivity index (χ4n) is 2.83. The van der Waals surface area contributed by atoms with E-state index < -0.39 is 0 Å². The number of nitrogens with one attached hydrogen (secondary N) is 1. The molecule has 26 heavy (non-hydrogen) atoms. The van der Waals surface area contributed by atoms with Gasteiger partial charge in [0.25, 0.3) is 11.8 Å². The number of anilines is 1. The first-order chi connectivity index (χ1) is 12.5. The third-order valence-electron chi connectivity index (χ3n) is 4.12. The van der Waals surface area contributed by atoms with Crippen molar-refractivity contribution in [1.82, 2.24) is 34.8 Å². The van der Waals surface area contributed by atoms with Crippen LogP contribution in [0.25, 0.3) is 0 Å². The minimum atomic E-state index is -0.326. The summed E-state index contributed by atoms with van der Waals surface area (Å²) in [6.07, 6.45) is 2.63. The third kappa shape index (κ3) is 3.67. The van der Waals surface area contributed by atoms with Gasteiger partial charge in [-0.2, -0.15) is 10.2 Å². The van der Waals surface area contributed by atoms with Gasteiger partial charge in [-0.15, -0.1) is 0 Å². The summed E-state index contributed by atoms with van der Waals surface area (Å²) in [5.74, 6) is -0.0685. The van der Waals surface area contributed by atoms with Crippen LogP contribution in [0.4, 0.5) is 5.82 Å². The summed E-state index contributed by atoms with van der Waals surface area (Å²) in [5, 5.41) is 10.7. The van der Waals surface area contributed by atoms with Crippen LogP contribution in [0.5, 0.6) is 0 Å². The minimum Gasteiger partial charge on any atom is -0.382 e. The highest BCUT2D eigenvalue weighted by Crippen LogP contribution is 2.14. The van der Waals surface area contributed by atoms with Crippen molar-refractivity contribution < 1.29 is 14.3 Å². The van der Waals surface area contributed by atoms with E-state index in [0.717, 1.165) is 0 Å². The summed E-state index contributed by atoms with van der Waals surface area (Å²) >= 11 is 0. The van der Waals surface area contributed by atoms with E-state index in [1.807, 2.05) is 6.92 Å². The van der Waals surface area contributed by atoms with Crippen LogP contribution in [0.2, 0.25) is 0 Å². The number of nitrogens with two attached hydrogens (primary N) is 1. The molecule has 0 aliphatic carbocycles. The van der Waals surface area contributed by atoms with E-state index in [-0.39, 0.29) is 36.1 Å². The SMILES string of the molecule is CCn1ncnc1C(=O)NCC1CN(C(=O)c2cn(C)nc2N)CCO1. The van der Waals surface area contributed by atoms with Crippen LogP contribution < -0.4 is 11.1 Å². The van der Waals surface area contributed by atoms with Crippen molar-refractivity contribution in [1.29, 1.82) is 0 Å². The Balaban J connectivity index is 1.58. The molecule has 1 atom stereocenters. The van der Waals surface area contributed by atoms with Crippen LogP contribution in [-0.4, -0.2) is 73.6 Å². The van der Waals surface area contributed by atoms with Gasteiger partial charge in [0.2, 0.25) is 5.82 Å². The number of aromatic nitrogens is 5. The summed E-state index contributed by atoms with van der Waals surface area (Å²) < 4.78 is 8.67. The second-order valence-corrected chi connectivity index (χ2v) is 5.96. The van der Waals surface area contributed by atoms with Crippen molar-refractivity contribution in [3.8, 4) is 0 Å². The monoisotopic (exact) mass is 362 g/mol. The Morgan fingerprint density at radius 3 is 2.96 bits per heavy atom. The van der Waals surface area contributed by atoms with Crippen LogP contribution >= 0.6 is 0 Å². The molecule has 2 amide bonds. The zero-order valence-corrected chi connectivity index (χ0v) is 14.8. The standard InChI is InChI=1S/C15H22N8O3/c1-3-23-13(18-9-19-23)14(24)17-6-10-7-22(4-5-26-10)15(25)11-8-21(2)20-12(11)16/h8-10H,3-7H2,1-2H3,(H2,16,20)(H,17,24). The molecule has 3 N–H and O–H groups in total. The van der Waals surface area contributed by atoms with Gasteiger partial charge in [-0.3, -0.25) is 14.3 Å². The molecule has 1 fully saturated rings. The maximum absolute atomic E-state index is 12.6. The van der Waals surface area contributed by atoms with Gasteiger partial charge < -0.3 is 20.7 Å². The zero-order chi connectivity index (χ0) is 18.7. The molecule has 0 aromatic carbocycles. The summed E-state index contributed by atoms with van der Waals surface area (Å²) in [4.78, 5) is 30.4. The normalized spacial score (nSPS) is 17.3. The second-order valence-electron chi connectivity index (χ2n) is 5.96. The highest BCUT2D eigenvalue weighted by Gasteiger charge is 2.28. The lowest BCUT2D eigenvalue weighted by Crippen LogP contribution is -2.49. The molecule has 1 aliphatic heterocycles. The van der Waals surface area contributed by atoms with E-state index in [9.17, 15) is 9.59 Å². The number of morpholine rings is 1. The molecule has 0 saturated carbocycles. The fourth-order valence-corrected chi connectivity index (χ4v) is 2.83. The molecule has 3 heterocycles. The predicted molar refractivity (Wildman–Crippen MR) is 91.3 cm³/mol. The summed E-state index contributed by atoms with van der Waals surface area (Å²) in [6.45, 7) is 3.90. The van der Waals surface area contributed by atoms with Gasteiger partial charge in [0.05, 0.1) is 12.7 Å². The summed E-state index contributed by atoms with van der Waals surface area (Å²) in [7, 11) is 1.71. The Morgan fingerprint density at radius 2 is 2.27 bits per heavy atom. The molecule has 11 nitrogen and oxygen atoms in total. The molecular formula is C15H22N8O3. The zero-order valence-electron chi connectivity index (χ0n) is 14.8. The lowest BCUT2D eigenvalue weighted by molar-refractivity contribution is -0.0197. The number of nitrogen functional groups attached to an aromatic ring is 1. The number of rotatable bonds is 5. The average Bonchev–Trinajstić information content (AvgIpc) is 3.25. The lowest BCUT2D eigenvalue weighted by Gasteiger charge is -2.32. The van der Waals surface area contributed by atoms with Crippen molar-refractivity contribution in [2.75, 3.05) is 32.0 Å². The Morgan fingerprint density at radius 1 is 1.46 bits per heavy atom. The maximum atomic E-state index is 12.6. The van der Waals surface area contributed by atoms with Gasteiger partial charge in [-0.05, 0) is 6.92 Å². The number of amides is 2. The first-order valence-electron chi connectivity index (χ1n) is 8.35. The van der Waals surface area contributed by atoms with Crippen molar-refractivity contribution in [3.05, 3.63) is 23.9 Å². The second kappa shape index (κ2) is 7.52. The number of hydrogen-bond acceptors (Lipinski definition) is 7. The third-order valence-corrected chi connectivity index (χ3v) is 4.12. The summed E-state index contributed by atoms with van der Waals surface area (Å²) in [6, 6.07) is 0. The largest absolute Gasteiger partial charge is 0.382 e. The first-order valence-corrected chi connectivity index (χ1v) is 8.35. The molecule has 0 radical (unpaired) electrons. The number of nitrogens with zero attached hydrogens (tertiary/aromatic N) is 6. The van der Waals surface area contributed by atoms with E-state index in [1.165, 1.54) is 15.7 Å². The van der Waals surface area contributed by atoms with Crippen molar-refractivity contribution in [3.63, 3.8) is 0 Å². The van der Waals surface area contributed by atoms with Gasteiger partial charge in [-0.25, -0.2) is 9.67 Å². The van der Waals surface area contributed by atoms with Crippen molar-refractivity contribution in [2.45, 2.75) is 19.6 Å². The van der Waals surface area contributed by atoms with Gasteiger partial charge in [0.1, 0.15) is 11.9 Å². The highest BCUT2D eigenvalue weighted by atomic mass is 16.5. The van der Waals surface area contributed by atoms with Crippen LogP contribution in [-0.2, 0) is 18.3 Å². The molecule has 0 bridgehead atoms. The Bertz CT molecular complexity index is 799.